The van der Waals surface area contributed by atoms with E-state index in [1.165, 1.54) is 11.3 Å². The quantitative estimate of drug-likeness (QED) is 0.593. The van der Waals surface area contributed by atoms with E-state index in [1.54, 1.807) is 6.07 Å². The van der Waals surface area contributed by atoms with E-state index in [-0.39, 0.29) is 5.91 Å². The van der Waals surface area contributed by atoms with Crippen LogP contribution in [0.25, 0.3) is 10.6 Å². The summed E-state index contributed by atoms with van der Waals surface area (Å²) in [5.41, 5.74) is 0.293. The Hall–Kier alpha value is -1.75. The molecule has 1 amide bonds. The van der Waals surface area contributed by atoms with Crippen molar-refractivity contribution in [2.24, 2.45) is 5.14 Å². The van der Waals surface area contributed by atoms with Crippen molar-refractivity contribution in [3.8, 4) is 10.6 Å². The van der Waals surface area contributed by atoms with Crippen LogP contribution in [0.3, 0.4) is 0 Å². The van der Waals surface area contributed by atoms with Crippen molar-refractivity contribution < 1.29 is 17.7 Å². The monoisotopic (exact) mass is 426 g/mol. The molecule has 1 saturated heterocycles. The summed E-state index contributed by atoms with van der Waals surface area (Å²) in [6.07, 6.45) is 4.12. The lowest BCUT2D eigenvalue weighted by Gasteiger charge is -2.30. The number of nitrogens with two attached hydrogens (primary N) is 1. The summed E-state index contributed by atoms with van der Waals surface area (Å²) >= 11 is 1.54. The Kier molecular flexibility index (Phi) is 7.22. The molecule has 8 nitrogen and oxygen atoms in total. The van der Waals surface area contributed by atoms with Gasteiger partial charge in [-0.1, -0.05) is 17.6 Å². The molecule has 0 spiro atoms. The van der Waals surface area contributed by atoms with Crippen LogP contribution >= 0.6 is 11.3 Å². The zero-order valence-electron chi connectivity index (χ0n) is 15.7. The first-order chi connectivity index (χ1) is 13.4. The molecule has 3 rings (SSSR count). The number of hydrogen-bond donors (Lipinski definition) is 2. The minimum Gasteiger partial charge on any atom is -0.355 e. The topological polar surface area (TPSA) is 119 Å². The first kappa shape index (κ1) is 21.0. The van der Waals surface area contributed by atoms with Crippen LogP contribution < -0.4 is 10.5 Å². The molecule has 2 aromatic rings. The number of nitrogens with one attached hydrogen (secondary N) is 1. The van der Waals surface area contributed by atoms with E-state index in [0.717, 1.165) is 43.8 Å². The molecule has 0 radical (unpaired) electrons. The first-order valence-corrected chi connectivity index (χ1v) is 11.9. The van der Waals surface area contributed by atoms with E-state index < -0.39 is 15.3 Å². The second-order valence-corrected chi connectivity index (χ2v) is 9.79. The number of likely N-dealkylation sites (tertiary alicyclic amines) is 1. The Morgan fingerprint density at radius 3 is 2.79 bits per heavy atom. The Morgan fingerprint density at radius 1 is 1.32 bits per heavy atom. The van der Waals surface area contributed by atoms with Gasteiger partial charge in [0.2, 0.25) is 10.0 Å². The van der Waals surface area contributed by atoms with Crippen LogP contribution in [-0.4, -0.2) is 55.8 Å². The number of carbonyl (C=O) groups is 1. The average Bonchev–Trinajstić information content (AvgIpc) is 3.35. The number of sulfonamides is 1. The zero-order valence-corrected chi connectivity index (χ0v) is 17.3. The highest BCUT2D eigenvalue weighted by atomic mass is 32.2. The Labute approximate surface area is 169 Å². The number of rotatable bonds is 9. The molecule has 0 aromatic carbocycles. The maximum atomic E-state index is 12.1. The molecule has 2 aromatic heterocycles. The molecule has 0 unspecified atom stereocenters. The van der Waals surface area contributed by atoms with E-state index in [1.807, 2.05) is 17.5 Å². The summed E-state index contributed by atoms with van der Waals surface area (Å²) in [5.74, 6) is 0.378. The van der Waals surface area contributed by atoms with Crippen LogP contribution in [0.15, 0.2) is 28.1 Å². The van der Waals surface area contributed by atoms with Gasteiger partial charge in [0.05, 0.1) is 10.1 Å². The van der Waals surface area contributed by atoms with Gasteiger partial charge in [-0.3, -0.25) is 4.79 Å². The molecule has 1 fully saturated rings. The smallest absolute Gasteiger partial charge is 0.273 e. The van der Waals surface area contributed by atoms with E-state index in [4.69, 9.17) is 9.66 Å². The third-order valence-corrected chi connectivity index (χ3v) is 7.23. The lowest BCUT2D eigenvalue weighted by Crippen LogP contribution is -2.41. The Balaban J connectivity index is 1.28. The zero-order chi connectivity index (χ0) is 20.0. The first-order valence-electron chi connectivity index (χ1n) is 9.46. The van der Waals surface area contributed by atoms with Gasteiger partial charge in [0, 0.05) is 12.6 Å². The molecule has 1 aliphatic rings. The molecule has 154 valence electrons. The third kappa shape index (κ3) is 5.87. The Bertz CT molecular complexity index is 856. The minimum absolute atomic E-state index is 0.225. The second kappa shape index (κ2) is 9.64. The van der Waals surface area contributed by atoms with Crippen molar-refractivity contribution >= 4 is 27.3 Å². The number of nitrogens with zero attached hydrogens (tertiary/aromatic N) is 2. The summed E-state index contributed by atoms with van der Waals surface area (Å²) in [7, 11) is -3.40. The fraction of sp³-hybridized carbons (Fsp3) is 0.556. The van der Waals surface area contributed by atoms with Crippen molar-refractivity contribution in [3.05, 3.63) is 29.3 Å². The van der Waals surface area contributed by atoms with Gasteiger partial charge < -0.3 is 14.7 Å². The van der Waals surface area contributed by atoms with Crippen LogP contribution in [0.5, 0.6) is 0 Å². The molecule has 0 atom stereocenters. The summed E-state index contributed by atoms with van der Waals surface area (Å²) in [4.78, 5) is 15.3. The average molecular weight is 427 g/mol. The molecule has 0 bridgehead atoms. The van der Waals surface area contributed by atoms with Crippen molar-refractivity contribution in [2.45, 2.75) is 37.4 Å². The molecule has 1 aliphatic heterocycles. The van der Waals surface area contributed by atoms with Gasteiger partial charge in [-0.05, 0) is 56.8 Å². The summed E-state index contributed by atoms with van der Waals surface area (Å²) in [6.45, 7) is 3.08. The maximum absolute atomic E-state index is 12.1. The standard InChI is InChI=1S/C18H26N4O4S2/c19-28(24,25)14-6-10-22(11-7-14)9-3-1-2-8-20-18(23)15-13-16(26-21-15)17-5-4-12-27-17/h4-5,12-14H,1-3,6-11H2,(H,20,23)(H2,19,24,25). The van der Waals surface area contributed by atoms with Crippen molar-refractivity contribution in [3.63, 3.8) is 0 Å². The number of piperidine rings is 1. The molecule has 0 aliphatic carbocycles. The van der Waals surface area contributed by atoms with Crippen LogP contribution in [0.4, 0.5) is 0 Å². The molecule has 28 heavy (non-hydrogen) atoms. The number of hydrogen-bond acceptors (Lipinski definition) is 7. The van der Waals surface area contributed by atoms with Gasteiger partial charge in [-0.25, -0.2) is 13.6 Å². The third-order valence-electron chi connectivity index (χ3n) is 4.94. The van der Waals surface area contributed by atoms with Crippen molar-refractivity contribution in [1.29, 1.82) is 0 Å². The van der Waals surface area contributed by atoms with Crippen LogP contribution in [0, 0.1) is 0 Å². The number of amides is 1. The van der Waals surface area contributed by atoms with Gasteiger partial charge in [0.25, 0.3) is 5.91 Å². The van der Waals surface area contributed by atoms with E-state index >= 15 is 0 Å². The molecule has 10 heteroatoms. The summed E-state index contributed by atoms with van der Waals surface area (Å²) in [5, 5.41) is 13.5. The van der Waals surface area contributed by atoms with E-state index in [2.05, 4.69) is 15.4 Å². The van der Waals surface area contributed by atoms with E-state index in [0.29, 0.717) is 30.8 Å². The predicted octanol–water partition coefficient (Wildman–Crippen LogP) is 2.06. The summed E-state index contributed by atoms with van der Waals surface area (Å²) in [6, 6.07) is 5.50. The highest BCUT2D eigenvalue weighted by Gasteiger charge is 2.26. The molecule has 3 heterocycles. The highest BCUT2D eigenvalue weighted by molar-refractivity contribution is 7.89. The second-order valence-electron chi connectivity index (χ2n) is 7.00. The summed E-state index contributed by atoms with van der Waals surface area (Å²) < 4.78 is 27.9. The lowest BCUT2D eigenvalue weighted by molar-refractivity contribution is 0.0944. The van der Waals surface area contributed by atoms with Gasteiger partial charge in [-0.15, -0.1) is 11.3 Å². The molecular formula is C18H26N4O4S2. The Morgan fingerprint density at radius 2 is 2.11 bits per heavy atom. The number of aromatic nitrogens is 1. The number of unbranched alkanes of at least 4 members (excludes halogenated alkanes) is 2. The maximum Gasteiger partial charge on any atom is 0.273 e. The van der Waals surface area contributed by atoms with Crippen molar-refractivity contribution in [1.82, 2.24) is 15.4 Å². The van der Waals surface area contributed by atoms with Crippen LogP contribution in [0.2, 0.25) is 0 Å². The molecule has 0 saturated carbocycles. The predicted molar refractivity (Wildman–Crippen MR) is 109 cm³/mol. The van der Waals surface area contributed by atoms with E-state index in [9.17, 15) is 13.2 Å². The largest absolute Gasteiger partial charge is 0.355 e. The number of primary sulfonamides is 1. The van der Waals surface area contributed by atoms with Gasteiger partial charge in [0.1, 0.15) is 0 Å². The fourth-order valence-corrected chi connectivity index (χ4v) is 4.85. The fourth-order valence-electron chi connectivity index (χ4n) is 3.31. The number of thiophene rings is 1. The van der Waals surface area contributed by atoms with Crippen LogP contribution in [0.1, 0.15) is 42.6 Å². The van der Waals surface area contributed by atoms with Gasteiger partial charge in [0.15, 0.2) is 11.5 Å². The number of carbonyl (C=O) groups excluding carboxylic acids is 1. The normalized spacial score (nSPS) is 16.3. The molecular weight excluding hydrogens is 400 g/mol. The highest BCUT2D eigenvalue weighted by Crippen LogP contribution is 2.25. The minimum atomic E-state index is -3.40. The lowest BCUT2D eigenvalue weighted by atomic mass is 10.1. The van der Waals surface area contributed by atoms with Crippen molar-refractivity contribution in [2.75, 3.05) is 26.2 Å². The van der Waals surface area contributed by atoms with Gasteiger partial charge in [-0.2, -0.15) is 0 Å². The van der Waals surface area contributed by atoms with Crippen LogP contribution in [-0.2, 0) is 10.0 Å². The molecule has 3 N–H and O–H groups in total. The van der Waals surface area contributed by atoms with Gasteiger partial charge >= 0.3 is 0 Å². The SMILES string of the molecule is NS(=O)(=O)C1CCN(CCCCCNC(=O)c2cc(-c3cccs3)on2)CC1.